The van der Waals surface area contributed by atoms with E-state index >= 15 is 0 Å². The van der Waals surface area contributed by atoms with Crippen molar-refractivity contribution < 1.29 is 15.3 Å². The van der Waals surface area contributed by atoms with Crippen LogP contribution in [0, 0.1) is 0 Å². The fourth-order valence-corrected chi connectivity index (χ4v) is 3.25. The summed E-state index contributed by atoms with van der Waals surface area (Å²) < 4.78 is 0. The normalized spacial score (nSPS) is 30.8. The van der Waals surface area contributed by atoms with E-state index in [9.17, 15) is 15.3 Å². The zero-order chi connectivity index (χ0) is 14.8. The summed E-state index contributed by atoms with van der Waals surface area (Å²) in [5.41, 5.74) is 2.43. The third-order valence-corrected chi connectivity index (χ3v) is 4.49. The molecule has 2 saturated heterocycles. The third-order valence-electron chi connectivity index (χ3n) is 4.49. The minimum atomic E-state index is -1.03. The summed E-state index contributed by atoms with van der Waals surface area (Å²) in [6.45, 7) is 3.75. The van der Waals surface area contributed by atoms with Gasteiger partial charge in [-0.05, 0) is 30.5 Å². The number of anilines is 1. The highest BCUT2D eigenvalue weighted by Gasteiger charge is 2.33. The number of nitrogens with zero attached hydrogens (tertiary/aromatic N) is 2. The van der Waals surface area contributed by atoms with Crippen LogP contribution in [0.1, 0.15) is 18.4 Å². The number of piperidine rings is 1. The minimum absolute atomic E-state index is 0.395. The highest BCUT2D eigenvalue weighted by Crippen LogP contribution is 2.21. The molecule has 3 rings (SSSR count). The maximum Gasteiger partial charge on any atom is 0.108 e. The average molecular weight is 292 g/mol. The molecular formula is C16H24N2O3. The van der Waals surface area contributed by atoms with Gasteiger partial charge in [0.05, 0.1) is 12.2 Å². The van der Waals surface area contributed by atoms with E-state index < -0.39 is 18.3 Å². The molecule has 0 saturated carbocycles. The fraction of sp³-hybridized carbons (Fsp3) is 0.625. The Kier molecular flexibility index (Phi) is 4.45. The predicted molar refractivity (Wildman–Crippen MR) is 81.2 cm³/mol. The Labute approximate surface area is 125 Å². The molecular weight excluding hydrogens is 268 g/mol. The van der Waals surface area contributed by atoms with Gasteiger partial charge in [0.25, 0.3) is 0 Å². The number of hydrogen-bond acceptors (Lipinski definition) is 5. The summed E-state index contributed by atoms with van der Waals surface area (Å²) in [6.07, 6.45) is -0.240. The van der Waals surface area contributed by atoms with E-state index in [1.54, 1.807) is 0 Å². The van der Waals surface area contributed by atoms with Gasteiger partial charge < -0.3 is 20.2 Å². The van der Waals surface area contributed by atoms with Gasteiger partial charge in [-0.25, -0.2) is 0 Å². The zero-order valence-electron chi connectivity index (χ0n) is 12.2. The van der Waals surface area contributed by atoms with Crippen LogP contribution >= 0.6 is 0 Å². The molecule has 0 bridgehead atoms. The molecule has 0 spiro atoms. The van der Waals surface area contributed by atoms with Crippen molar-refractivity contribution in [2.45, 2.75) is 37.7 Å². The second-order valence-corrected chi connectivity index (χ2v) is 6.18. The van der Waals surface area contributed by atoms with Crippen LogP contribution in [0.15, 0.2) is 24.3 Å². The van der Waals surface area contributed by atoms with E-state index in [0.29, 0.717) is 19.6 Å². The van der Waals surface area contributed by atoms with Crippen molar-refractivity contribution in [1.29, 1.82) is 0 Å². The fourth-order valence-electron chi connectivity index (χ4n) is 3.25. The van der Waals surface area contributed by atoms with Crippen LogP contribution < -0.4 is 4.90 Å². The molecule has 5 nitrogen and oxygen atoms in total. The van der Waals surface area contributed by atoms with Crippen molar-refractivity contribution in [1.82, 2.24) is 4.90 Å². The lowest BCUT2D eigenvalue weighted by Gasteiger charge is -2.36. The van der Waals surface area contributed by atoms with Crippen LogP contribution in [0.4, 0.5) is 5.69 Å². The van der Waals surface area contributed by atoms with Gasteiger partial charge in [0.15, 0.2) is 0 Å². The molecule has 2 atom stereocenters. The van der Waals surface area contributed by atoms with Crippen molar-refractivity contribution in [3.05, 3.63) is 29.8 Å². The van der Waals surface area contributed by atoms with Crippen molar-refractivity contribution in [3.8, 4) is 0 Å². The van der Waals surface area contributed by atoms with E-state index in [1.165, 1.54) is 18.5 Å². The molecule has 5 heteroatoms. The lowest BCUT2D eigenvalue weighted by molar-refractivity contribution is -0.111. The Bertz CT molecular complexity index is 447. The summed E-state index contributed by atoms with van der Waals surface area (Å²) in [5.74, 6) is 0. The van der Waals surface area contributed by atoms with Gasteiger partial charge in [-0.1, -0.05) is 12.1 Å². The molecule has 2 fully saturated rings. The van der Waals surface area contributed by atoms with E-state index in [1.807, 2.05) is 4.90 Å². The number of rotatable bonds is 3. The highest BCUT2D eigenvalue weighted by atomic mass is 16.4. The molecule has 0 amide bonds. The van der Waals surface area contributed by atoms with Crippen LogP contribution in [0.3, 0.4) is 0 Å². The van der Waals surface area contributed by atoms with E-state index in [2.05, 4.69) is 29.2 Å². The smallest absolute Gasteiger partial charge is 0.108 e. The Balaban J connectivity index is 1.60. The number of hydrogen-bond donors (Lipinski definition) is 3. The van der Waals surface area contributed by atoms with Crippen molar-refractivity contribution in [2.75, 3.05) is 31.1 Å². The monoisotopic (exact) mass is 292 g/mol. The summed E-state index contributed by atoms with van der Waals surface area (Å²) in [5, 5.41) is 29.0. The maximum atomic E-state index is 9.73. The first-order valence-corrected chi connectivity index (χ1v) is 7.74. The van der Waals surface area contributed by atoms with Crippen molar-refractivity contribution in [2.24, 2.45) is 0 Å². The molecule has 2 unspecified atom stereocenters. The summed E-state index contributed by atoms with van der Waals surface area (Å²) >= 11 is 0. The van der Waals surface area contributed by atoms with Gasteiger partial charge in [-0.15, -0.1) is 0 Å². The van der Waals surface area contributed by atoms with Crippen molar-refractivity contribution in [3.63, 3.8) is 0 Å². The number of benzene rings is 1. The first-order chi connectivity index (χ1) is 10.1. The van der Waals surface area contributed by atoms with Gasteiger partial charge in [0, 0.05) is 38.4 Å². The second kappa shape index (κ2) is 6.32. The molecule has 2 aliphatic heterocycles. The molecule has 1 aromatic rings. The highest BCUT2D eigenvalue weighted by molar-refractivity contribution is 5.48. The SMILES string of the molecule is OC1CN(Cc2ccc(N3CCCC3)cc2)CC(O)C1O. The van der Waals surface area contributed by atoms with Gasteiger partial charge >= 0.3 is 0 Å². The van der Waals surface area contributed by atoms with E-state index in [4.69, 9.17) is 0 Å². The molecule has 2 heterocycles. The summed E-state index contributed by atoms with van der Waals surface area (Å²) in [7, 11) is 0. The zero-order valence-corrected chi connectivity index (χ0v) is 12.2. The molecule has 21 heavy (non-hydrogen) atoms. The quantitative estimate of drug-likeness (QED) is 0.742. The Morgan fingerprint density at radius 1 is 0.905 bits per heavy atom. The van der Waals surface area contributed by atoms with Crippen LogP contribution in [-0.4, -0.2) is 64.7 Å². The standard InChI is InChI=1S/C16H24N2O3/c19-14-10-17(11-15(20)16(14)21)9-12-3-5-13(6-4-12)18-7-1-2-8-18/h3-6,14-16,19-21H,1-2,7-11H2. The Morgan fingerprint density at radius 3 is 2.05 bits per heavy atom. The van der Waals surface area contributed by atoms with E-state index in [0.717, 1.165) is 18.7 Å². The first-order valence-electron chi connectivity index (χ1n) is 7.74. The Hall–Kier alpha value is -1.14. The minimum Gasteiger partial charge on any atom is -0.389 e. The molecule has 0 aromatic heterocycles. The first kappa shape index (κ1) is 14.8. The lowest BCUT2D eigenvalue weighted by atomic mass is 10.0. The van der Waals surface area contributed by atoms with Gasteiger partial charge in [0.1, 0.15) is 6.10 Å². The number of aliphatic hydroxyl groups is 3. The maximum absolute atomic E-state index is 9.73. The summed E-state index contributed by atoms with van der Waals surface area (Å²) in [4.78, 5) is 4.38. The van der Waals surface area contributed by atoms with Crippen molar-refractivity contribution >= 4 is 5.69 Å². The van der Waals surface area contributed by atoms with Crippen LogP contribution in [0.2, 0.25) is 0 Å². The molecule has 3 N–H and O–H groups in total. The number of aliphatic hydroxyl groups excluding tert-OH is 3. The average Bonchev–Trinajstić information content (AvgIpc) is 3.00. The van der Waals surface area contributed by atoms with Gasteiger partial charge in [-0.2, -0.15) is 0 Å². The predicted octanol–water partition coefficient (Wildman–Crippen LogP) is 0.185. The summed E-state index contributed by atoms with van der Waals surface area (Å²) in [6, 6.07) is 8.51. The number of β-amino-alcohol motifs (C(OH)–C–C–N with tert-alkyl or cyclic N) is 2. The lowest BCUT2D eigenvalue weighted by Crippen LogP contribution is -2.54. The van der Waals surface area contributed by atoms with E-state index in [-0.39, 0.29) is 0 Å². The second-order valence-electron chi connectivity index (χ2n) is 6.18. The molecule has 116 valence electrons. The third kappa shape index (κ3) is 3.37. The number of likely N-dealkylation sites (tertiary alicyclic amines) is 1. The molecule has 1 aromatic carbocycles. The van der Waals surface area contributed by atoms with Crippen LogP contribution in [-0.2, 0) is 6.54 Å². The molecule has 0 radical (unpaired) electrons. The Morgan fingerprint density at radius 2 is 1.48 bits per heavy atom. The molecule has 2 aliphatic rings. The topological polar surface area (TPSA) is 67.2 Å². The van der Waals surface area contributed by atoms with Crippen LogP contribution in [0.5, 0.6) is 0 Å². The molecule has 0 aliphatic carbocycles. The van der Waals surface area contributed by atoms with Gasteiger partial charge in [-0.3, -0.25) is 4.90 Å². The van der Waals surface area contributed by atoms with Gasteiger partial charge in [0.2, 0.25) is 0 Å². The van der Waals surface area contributed by atoms with Crippen LogP contribution in [0.25, 0.3) is 0 Å². The largest absolute Gasteiger partial charge is 0.389 e.